The second kappa shape index (κ2) is 12.7. The van der Waals surface area contributed by atoms with E-state index in [2.05, 4.69) is 5.32 Å². The van der Waals surface area contributed by atoms with Crippen molar-refractivity contribution >= 4 is 29.4 Å². The Morgan fingerprint density at radius 2 is 1.67 bits per heavy atom. The molecule has 1 unspecified atom stereocenters. The van der Waals surface area contributed by atoms with Crippen LogP contribution in [0.4, 0.5) is 0 Å². The molecule has 0 aromatic heterocycles. The van der Waals surface area contributed by atoms with E-state index in [4.69, 9.17) is 31.5 Å². The molecule has 2 atom stereocenters. The lowest BCUT2D eigenvalue weighted by atomic mass is 9.85. The van der Waals surface area contributed by atoms with Gasteiger partial charge in [0.2, 0.25) is 6.79 Å². The summed E-state index contributed by atoms with van der Waals surface area (Å²) in [6.45, 7) is 3.14. The molecule has 0 radical (unpaired) electrons. The third-order valence-electron chi connectivity index (χ3n) is 6.11. The maximum atomic E-state index is 12.5. The first-order chi connectivity index (χ1) is 17.2. The number of ether oxygens (including phenoxy) is 3. The van der Waals surface area contributed by atoms with Crippen LogP contribution in [-0.4, -0.2) is 42.8 Å². The topological polar surface area (TPSA) is 117 Å². The number of rotatable bonds is 10. The van der Waals surface area contributed by atoms with Gasteiger partial charge in [0.05, 0.1) is 5.92 Å². The van der Waals surface area contributed by atoms with Crippen LogP contribution in [0.3, 0.4) is 0 Å². The van der Waals surface area contributed by atoms with Crippen molar-refractivity contribution in [1.29, 1.82) is 0 Å². The normalized spacial score (nSPS) is 17.7. The van der Waals surface area contributed by atoms with E-state index in [1.807, 2.05) is 12.1 Å². The third-order valence-corrected chi connectivity index (χ3v) is 6.36. The minimum atomic E-state index is -1.29. The molecule has 194 valence electrons. The Kier molecular flexibility index (Phi) is 9.73. The molecule has 2 aromatic rings. The van der Waals surface area contributed by atoms with Crippen LogP contribution in [0.1, 0.15) is 55.5 Å². The van der Waals surface area contributed by atoms with Crippen LogP contribution in [0.15, 0.2) is 48.5 Å². The zero-order valence-electron chi connectivity index (χ0n) is 20.6. The van der Waals surface area contributed by atoms with Crippen molar-refractivity contribution in [1.82, 2.24) is 5.32 Å². The number of nitrogens with one attached hydrogen (secondary N) is 1. The molecule has 1 aliphatic rings. The maximum absolute atomic E-state index is 12.5. The molecule has 1 saturated carbocycles. The van der Waals surface area contributed by atoms with Gasteiger partial charge in [-0.2, -0.15) is 0 Å². The first-order valence-electron chi connectivity index (χ1n) is 12.1. The van der Waals surface area contributed by atoms with E-state index in [0.29, 0.717) is 35.7 Å². The SMILES string of the molecule is CC(C)(Oc1ccc(CCNC(=O)c2ccc(Cl)cc2)cc1)C(=O)OCOC(=O)C1CCCC[C@H]1N. The number of nitrogens with two attached hydrogens (primary N) is 1. The van der Waals surface area contributed by atoms with Crippen molar-refractivity contribution < 1.29 is 28.6 Å². The summed E-state index contributed by atoms with van der Waals surface area (Å²) in [5.74, 6) is -1.13. The van der Waals surface area contributed by atoms with E-state index >= 15 is 0 Å². The number of halogens is 1. The van der Waals surface area contributed by atoms with E-state index in [1.54, 1.807) is 50.2 Å². The minimum Gasteiger partial charge on any atom is -0.476 e. The second-order valence-electron chi connectivity index (χ2n) is 9.34. The average Bonchev–Trinajstić information content (AvgIpc) is 2.85. The molecule has 36 heavy (non-hydrogen) atoms. The monoisotopic (exact) mass is 516 g/mol. The summed E-state index contributed by atoms with van der Waals surface area (Å²) in [5.41, 5.74) is 6.24. The van der Waals surface area contributed by atoms with Gasteiger partial charge in [-0.25, -0.2) is 4.79 Å². The van der Waals surface area contributed by atoms with Gasteiger partial charge in [0.15, 0.2) is 5.60 Å². The van der Waals surface area contributed by atoms with Crippen molar-refractivity contribution in [2.75, 3.05) is 13.3 Å². The molecule has 1 aliphatic carbocycles. The highest BCUT2D eigenvalue weighted by atomic mass is 35.5. The molecule has 9 heteroatoms. The molecule has 8 nitrogen and oxygen atoms in total. The van der Waals surface area contributed by atoms with Crippen molar-refractivity contribution in [2.24, 2.45) is 11.7 Å². The van der Waals surface area contributed by atoms with Crippen molar-refractivity contribution in [3.05, 3.63) is 64.7 Å². The number of amides is 1. The summed E-state index contributed by atoms with van der Waals surface area (Å²) in [4.78, 5) is 36.9. The smallest absolute Gasteiger partial charge is 0.352 e. The Morgan fingerprint density at radius 3 is 2.33 bits per heavy atom. The zero-order chi connectivity index (χ0) is 26.1. The molecule has 1 fully saturated rings. The van der Waals surface area contributed by atoms with Gasteiger partial charge >= 0.3 is 11.9 Å². The fraction of sp³-hybridized carbons (Fsp3) is 0.444. The van der Waals surface area contributed by atoms with E-state index in [1.165, 1.54) is 0 Å². The van der Waals surface area contributed by atoms with Gasteiger partial charge in [0, 0.05) is 23.2 Å². The molecule has 0 saturated heterocycles. The summed E-state index contributed by atoms with van der Waals surface area (Å²) < 4.78 is 16.0. The van der Waals surface area contributed by atoms with E-state index in [0.717, 1.165) is 24.8 Å². The fourth-order valence-corrected chi connectivity index (χ4v) is 4.08. The van der Waals surface area contributed by atoms with Crippen LogP contribution in [0, 0.1) is 5.92 Å². The lowest BCUT2D eigenvalue weighted by Crippen LogP contribution is -2.41. The van der Waals surface area contributed by atoms with Gasteiger partial charge in [-0.1, -0.05) is 36.6 Å². The van der Waals surface area contributed by atoms with Gasteiger partial charge in [0.1, 0.15) is 5.75 Å². The Hall–Kier alpha value is -3.10. The Bertz CT molecular complexity index is 1040. The molecule has 3 rings (SSSR count). The summed E-state index contributed by atoms with van der Waals surface area (Å²) in [6.07, 6.45) is 4.05. The standard InChI is InChI=1S/C27H33ClN2O6/c1-27(2,26(33)35-17-34-25(32)22-5-3-4-6-23(22)29)36-21-13-7-18(8-14-21)15-16-30-24(31)19-9-11-20(28)12-10-19/h7-14,22-23H,3-6,15-17,29H2,1-2H3,(H,30,31)/t22?,23-/m1/s1. The van der Waals surface area contributed by atoms with Gasteiger partial charge in [-0.3, -0.25) is 9.59 Å². The van der Waals surface area contributed by atoms with Crippen molar-refractivity contribution in [3.8, 4) is 5.75 Å². The maximum Gasteiger partial charge on any atom is 0.352 e. The van der Waals surface area contributed by atoms with E-state index < -0.39 is 24.3 Å². The van der Waals surface area contributed by atoms with Crippen LogP contribution in [0.25, 0.3) is 0 Å². The highest BCUT2D eigenvalue weighted by Crippen LogP contribution is 2.24. The van der Waals surface area contributed by atoms with Gasteiger partial charge in [0.25, 0.3) is 5.91 Å². The summed E-state index contributed by atoms with van der Waals surface area (Å²) >= 11 is 5.85. The first-order valence-corrected chi connectivity index (χ1v) is 12.4. The number of carbonyl (C=O) groups is 3. The van der Waals surface area contributed by atoms with Gasteiger partial charge < -0.3 is 25.3 Å². The molecule has 0 bridgehead atoms. The van der Waals surface area contributed by atoms with Gasteiger partial charge in [-0.15, -0.1) is 0 Å². The first kappa shape index (κ1) is 27.5. The number of esters is 2. The van der Waals surface area contributed by atoms with Crippen LogP contribution in [0.2, 0.25) is 5.02 Å². The number of carbonyl (C=O) groups excluding carboxylic acids is 3. The van der Waals surface area contributed by atoms with Crippen LogP contribution < -0.4 is 15.8 Å². The predicted molar refractivity (Wildman–Crippen MR) is 136 cm³/mol. The molecular weight excluding hydrogens is 484 g/mol. The van der Waals surface area contributed by atoms with Crippen molar-refractivity contribution in [3.63, 3.8) is 0 Å². The van der Waals surface area contributed by atoms with Crippen LogP contribution in [0.5, 0.6) is 5.75 Å². The lowest BCUT2D eigenvalue weighted by molar-refractivity contribution is -0.180. The second-order valence-corrected chi connectivity index (χ2v) is 9.77. The molecule has 0 aliphatic heterocycles. The highest BCUT2D eigenvalue weighted by Gasteiger charge is 2.33. The predicted octanol–water partition coefficient (Wildman–Crippen LogP) is 4.03. The molecular formula is C27H33ClN2O6. The molecule has 0 heterocycles. The highest BCUT2D eigenvalue weighted by molar-refractivity contribution is 6.30. The molecule has 0 spiro atoms. The Morgan fingerprint density at radius 1 is 1.00 bits per heavy atom. The molecule has 2 aromatic carbocycles. The largest absolute Gasteiger partial charge is 0.476 e. The summed E-state index contributed by atoms with van der Waals surface area (Å²) in [7, 11) is 0. The van der Waals surface area contributed by atoms with Crippen molar-refractivity contribution in [2.45, 2.75) is 57.6 Å². The minimum absolute atomic E-state index is 0.167. The third kappa shape index (κ3) is 7.96. The van der Waals surface area contributed by atoms with Gasteiger partial charge in [-0.05, 0) is 75.1 Å². The summed E-state index contributed by atoms with van der Waals surface area (Å²) in [5, 5.41) is 3.45. The van der Waals surface area contributed by atoms with Crippen LogP contribution >= 0.6 is 11.6 Å². The van der Waals surface area contributed by atoms with E-state index in [-0.39, 0.29) is 17.9 Å². The number of hydrogen-bond donors (Lipinski definition) is 2. The molecule has 3 N–H and O–H groups in total. The average molecular weight is 517 g/mol. The quantitative estimate of drug-likeness (QED) is 0.361. The zero-order valence-corrected chi connectivity index (χ0v) is 21.4. The molecule has 1 amide bonds. The Labute approximate surface area is 216 Å². The number of benzene rings is 2. The van der Waals surface area contributed by atoms with Crippen LogP contribution in [-0.2, 0) is 25.5 Å². The lowest BCUT2D eigenvalue weighted by Gasteiger charge is -2.27. The Balaban J connectivity index is 1.40. The fourth-order valence-electron chi connectivity index (χ4n) is 3.96. The summed E-state index contributed by atoms with van der Waals surface area (Å²) in [6, 6.07) is 13.7. The van der Waals surface area contributed by atoms with E-state index in [9.17, 15) is 14.4 Å². The number of hydrogen-bond acceptors (Lipinski definition) is 7.